The van der Waals surface area contributed by atoms with Gasteiger partial charge in [0.25, 0.3) is 0 Å². The van der Waals surface area contributed by atoms with Crippen LogP contribution in [0.5, 0.6) is 0 Å². The number of aliphatic imine (C=N–C) groups is 2. The molecular weight excluding hydrogens is 268 g/mol. The molecular formula is C20H22N2. The van der Waals surface area contributed by atoms with E-state index in [1.165, 1.54) is 11.4 Å². The molecule has 0 N–H and O–H groups in total. The molecule has 0 heterocycles. The van der Waals surface area contributed by atoms with Crippen LogP contribution in [0.4, 0.5) is 11.4 Å². The number of nitrogens with zero attached hydrogens (tertiary/aromatic N) is 2. The van der Waals surface area contributed by atoms with E-state index < -0.39 is 0 Å². The first-order valence-electron chi connectivity index (χ1n) is 7.72. The van der Waals surface area contributed by atoms with E-state index in [2.05, 4.69) is 27.7 Å². The highest BCUT2D eigenvalue weighted by Crippen LogP contribution is 2.50. The maximum absolute atomic E-state index is 4.90. The van der Waals surface area contributed by atoms with Crippen molar-refractivity contribution >= 4 is 22.8 Å². The zero-order valence-electron chi connectivity index (χ0n) is 13.7. The van der Waals surface area contributed by atoms with Gasteiger partial charge in [-0.15, -0.1) is 0 Å². The zero-order valence-corrected chi connectivity index (χ0v) is 13.7. The topological polar surface area (TPSA) is 24.7 Å². The van der Waals surface area contributed by atoms with Crippen LogP contribution in [0.3, 0.4) is 0 Å². The van der Waals surface area contributed by atoms with E-state index in [0.29, 0.717) is 0 Å². The Morgan fingerprint density at radius 2 is 0.864 bits per heavy atom. The quantitative estimate of drug-likeness (QED) is 0.688. The minimum absolute atomic E-state index is 0.102. The van der Waals surface area contributed by atoms with Gasteiger partial charge in [-0.05, 0) is 52.0 Å². The SMILES string of the molecule is CC1(C)C(=Nc2ccccc2)C(C)(C)C1=Nc1ccccc1. The highest BCUT2D eigenvalue weighted by Gasteiger charge is 2.56. The fourth-order valence-electron chi connectivity index (χ4n) is 3.55. The molecule has 0 aliphatic heterocycles. The average molecular weight is 290 g/mol. The Morgan fingerprint density at radius 3 is 1.18 bits per heavy atom. The van der Waals surface area contributed by atoms with E-state index in [1.54, 1.807) is 0 Å². The van der Waals surface area contributed by atoms with Crippen LogP contribution in [0.25, 0.3) is 0 Å². The molecule has 0 atom stereocenters. The highest BCUT2D eigenvalue weighted by atomic mass is 14.9. The monoisotopic (exact) mass is 290 g/mol. The summed E-state index contributed by atoms with van der Waals surface area (Å²) in [4.78, 5) is 9.80. The third kappa shape index (κ3) is 2.39. The van der Waals surface area contributed by atoms with Crippen molar-refractivity contribution < 1.29 is 0 Å². The first kappa shape index (κ1) is 14.7. The van der Waals surface area contributed by atoms with Crippen LogP contribution < -0.4 is 0 Å². The molecule has 0 unspecified atom stereocenters. The van der Waals surface area contributed by atoms with Gasteiger partial charge in [-0.25, -0.2) is 0 Å². The lowest BCUT2D eigenvalue weighted by Gasteiger charge is -2.52. The summed E-state index contributed by atoms with van der Waals surface area (Å²) in [5.74, 6) is 0. The van der Waals surface area contributed by atoms with Crippen molar-refractivity contribution in [2.75, 3.05) is 0 Å². The number of benzene rings is 2. The van der Waals surface area contributed by atoms with Crippen molar-refractivity contribution in [3.8, 4) is 0 Å². The van der Waals surface area contributed by atoms with E-state index in [9.17, 15) is 0 Å². The van der Waals surface area contributed by atoms with Crippen molar-refractivity contribution in [3.63, 3.8) is 0 Å². The summed E-state index contributed by atoms with van der Waals surface area (Å²) in [5, 5.41) is 0. The van der Waals surface area contributed by atoms with E-state index in [-0.39, 0.29) is 10.8 Å². The summed E-state index contributed by atoms with van der Waals surface area (Å²) < 4.78 is 0. The molecule has 1 aliphatic rings. The Balaban J connectivity index is 2.01. The lowest BCUT2D eigenvalue weighted by Crippen LogP contribution is -2.61. The molecule has 0 amide bonds. The lowest BCUT2D eigenvalue weighted by atomic mass is 9.52. The predicted molar refractivity (Wildman–Crippen MR) is 94.6 cm³/mol. The zero-order chi connectivity index (χ0) is 15.8. The molecule has 0 aromatic heterocycles. The van der Waals surface area contributed by atoms with Gasteiger partial charge in [-0.3, -0.25) is 9.98 Å². The number of hydrogen-bond acceptors (Lipinski definition) is 2. The van der Waals surface area contributed by atoms with Crippen LogP contribution in [0.2, 0.25) is 0 Å². The van der Waals surface area contributed by atoms with Crippen LogP contribution in [0.15, 0.2) is 70.6 Å². The molecule has 1 fully saturated rings. The van der Waals surface area contributed by atoms with Crippen molar-refractivity contribution in [2.45, 2.75) is 27.7 Å². The largest absolute Gasteiger partial charge is 0.256 e. The molecule has 3 rings (SSSR count). The maximum atomic E-state index is 4.90. The van der Waals surface area contributed by atoms with E-state index in [1.807, 2.05) is 60.7 Å². The molecule has 0 spiro atoms. The summed E-state index contributed by atoms with van der Waals surface area (Å²) in [5.41, 5.74) is 4.21. The fourth-order valence-corrected chi connectivity index (χ4v) is 3.55. The minimum Gasteiger partial charge on any atom is -0.256 e. The van der Waals surface area contributed by atoms with Gasteiger partial charge in [0, 0.05) is 22.3 Å². The molecule has 2 aromatic rings. The van der Waals surface area contributed by atoms with Gasteiger partial charge in [0.15, 0.2) is 0 Å². The van der Waals surface area contributed by atoms with Gasteiger partial charge in [0.1, 0.15) is 0 Å². The average Bonchev–Trinajstić information content (AvgIpc) is 2.52. The molecule has 22 heavy (non-hydrogen) atoms. The first-order valence-corrected chi connectivity index (χ1v) is 7.72. The smallest absolute Gasteiger partial charge is 0.0629 e. The van der Waals surface area contributed by atoms with Crippen molar-refractivity contribution in [1.82, 2.24) is 0 Å². The Labute approximate surface area is 132 Å². The Hall–Kier alpha value is -2.22. The number of hydrogen-bond donors (Lipinski definition) is 0. The predicted octanol–water partition coefficient (Wildman–Crippen LogP) is 5.60. The second-order valence-electron chi connectivity index (χ2n) is 6.84. The van der Waals surface area contributed by atoms with Gasteiger partial charge >= 0.3 is 0 Å². The fraction of sp³-hybridized carbons (Fsp3) is 0.300. The molecule has 1 saturated carbocycles. The Morgan fingerprint density at radius 1 is 0.545 bits per heavy atom. The van der Waals surface area contributed by atoms with E-state index >= 15 is 0 Å². The van der Waals surface area contributed by atoms with Crippen molar-refractivity contribution in [1.29, 1.82) is 0 Å². The number of rotatable bonds is 2. The summed E-state index contributed by atoms with van der Waals surface area (Å²) in [6.07, 6.45) is 0. The third-order valence-corrected chi connectivity index (χ3v) is 4.36. The Bertz CT molecular complexity index is 641. The lowest BCUT2D eigenvalue weighted by molar-refractivity contribution is 0.491. The molecule has 2 aromatic carbocycles. The summed E-state index contributed by atoms with van der Waals surface area (Å²) in [7, 11) is 0. The van der Waals surface area contributed by atoms with Gasteiger partial charge in [-0.2, -0.15) is 0 Å². The second-order valence-corrected chi connectivity index (χ2v) is 6.84. The molecule has 2 nitrogen and oxygen atoms in total. The third-order valence-electron chi connectivity index (χ3n) is 4.36. The summed E-state index contributed by atoms with van der Waals surface area (Å²) in [6, 6.07) is 20.3. The van der Waals surface area contributed by atoms with Gasteiger partial charge in [0.05, 0.1) is 11.4 Å². The van der Waals surface area contributed by atoms with Crippen molar-refractivity contribution in [2.24, 2.45) is 20.8 Å². The molecule has 2 heteroatoms. The minimum atomic E-state index is -0.102. The van der Waals surface area contributed by atoms with Crippen LogP contribution in [0.1, 0.15) is 27.7 Å². The first-order chi connectivity index (χ1) is 10.4. The molecule has 112 valence electrons. The van der Waals surface area contributed by atoms with Gasteiger partial charge < -0.3 is 0 Å². The standard InChI is InChI=1S/C20H22N2/c1-19(2)17(21-15-11-7-5-8-12-15)20(3,4)18(19)22-16-13-9-6-10-14-16/h5-14H,1-4H3. The van der Waals surface area contributed by atoms with Crippen LogP contribution in [0, 0.1) is 10.8 Å². The van der Waals surface area contributed by atoms with Crippen molar-refractivity contribution in [3.05, 3.63) is 60.7 Å². The van der Waals surface area contributed by atoms with Crippen LogP contribution in [-0.4, -0.2) is 11.4 Å². The maximum Gasteiger partial charge on any atom is 0.0629 e. The normalized spacial score (nSPS) is 18.5. The molecule has 1 aliphatic carbocycles. The van der Waals surface area contributed by atoms with Gasteiger partial charge in [-0.1, -0.05) is 36.4 Å². The molecule has 0 bridgehead atoms. The van der Waals surface area contributed by atoms with Crippen LogP contribution >= 0.6 is 0 Å². The van der Waals surface area contributed by atoms with Crippen LogP contribution in [-0.2, 0) is 0 Å². The summed E-state index contributed by atoms with van der Waals surface area (Å²) in [6.45, 7) is 8.84. The summed E-state index contributed by atoms with van der Waals surface area (Å²) >= 11 is 0. The van der Waals surface area contributed by atoms with E-state index in [4.69, 9.17) is 9.98 Å². The van der Waals surface area contributed by atoms with E-state index in [0.717, 1.165) is 11.4 Å². The van der Waals surface area contributed by atoms with Gasteiger partial charge in [0.2, 0.25) is 0 Å². The Kier molecular flexibility index (Phi) is 3.48. The molecule has 0 radical (unpaired) electrons. The second kappa shape index (κ2) is 5.20. The highest BCUT2D eigenvalue weighted by molar-refractivity contribution is 6.34. The molecule has 0 saturated heterocycles. The number of para-hydroxylation sites is 2.